The van der Waals surface area contributed by atoms with E-state index >= 15 is 0 Å². The first kappa shape index (κ1) is 12.7. The third-order valence-electron chi connectivity index (χ3n) is 6.27. The Morgan fingerprint density at radius 3 is 2.85 bits per heavy atom. The van der Waals surface area contributed by atoms with Crippen molar-refractivity contribution < 1.29 is 14.3 Å². The highest BCUT2D eigenvalue weighted by Gasteiger charge is 2.59. The summed E-state index contributed by atoms with van der Waals surface area (Å²) in [4.78, 5) is 26.2. The van der Waals surface area contributed by atoms with Crippen molar-refractivity contribution in [3.8, 4) is 0 Å². The first-order valence-electron chi connectivity index (χ1n) is 8.19. The molecule has 1 aliphatic carbocycles. The molecule has 0 aromatic rings. The molecular formula is C16H23NO3. The van der Waals surface area contributed by atoms with E-state index in [1.807, 2.05) is 0 Å². The average molecular weight is 277 g/mol. The van der Waals surface area contributed by atoms with E-state index in [-0.39, 0.29) is 12.1 Å². The summed E-state index contributed by atoms with van der Waals surface area (Å²) in [5, 5.41) is 0. The van der Waals surface area contributed by atoms with Gasteiger partial charge in [0.25, 0.3) is 0 Å². The van der Waals surface area contributed by atoms with E-state index in [9.17, 15) is 9.59 Å². The fourth-order valence-electron chi connectivity index (χ4n) is 5.59. The number of rotatable bonds is 1. The lowest BCUT2D eigenvalue weighted by molar-refractivity contribution is -0.148. The van der Waals surface area contributed by atoms with Gasteiger partial charge in [-0.05, 0) is 37.5 Å². The van der Waals surface area contributed by atoms with Crippen LogP contribution >= 0.6 is 0 Å². The van der Waals surface area contributed by atoms with Crippen LogP contribution in [-0.2, 0) is 14.3 Å². The van der Waals surface area contributed by atoms with Gasteiger partial charge in [0.05, 0.1) is 6.42 Å². The summed E-state index contributed by atoms with van der Waals surface area (Å²) < 4.78 is 5.69. The van der Waals surface area contributed by atoms with Gasteiger partial charge in [-0.25, -0.2) is 0 Å². The second-order valence-corrected chi connectivity index (χ2v) is 6.98. The van der Waals surface area contributed by atoms with Crippen molar-refractivity contribution in [2.75, 3.05) is 6.54 Å². The lowest BCUT2D eigenvalue weighted by atomic mass is 9.62. The minimum absolute atomic E-state index is 0.0142. The predicted molar refractivity (Wildman–Crippen MR) is 72.7 cm³/mol. The van der Waals surface area contributed by atoms with E-state index in [1.165, 1.54) is 0 Å². The molecule has 4 rings (SSSR count). The van der Waals surface area contributed by atoms with Crippen LogP contribution in [0.4, 0.5) is 0 Å². The van der Waals surface area contributed by atoms with Gasteiger partial charge in [-0.15, -0.1) is 0 Å². The highest BCUT2D eigenvalue weighted by molar-refractivity contribution is 5.77. The Labute approximate surface area is 119 Å². The van der Waals surface area contributed by atoms with Crippen molar-refractivity contribution in [3.63, 3.8) is 0 Å². The van der Waals surface area contributed by atoms with Gasteiger partial charge in [0.2, 0.25) is 5.91 Å². The van der Waals surface area contributed by atoms with E-state index in [1.54, 1.807) is 0 Å². The summed E-state index contributed by atoms with van der Waals surface area (Å²) in [5.74, 6) is 2.20. The zero-order valence-corrected chi connectivity index (χ0v) is 12.1. The number of carbonyl (C=O) groups excluding carboxylic acids is 2. The molecule has 0 N–H and O–H groups in total. The maximum Gasteiger partial charge on any atom is 0.306 e. The van der Waals surface area contributed by atoms with Crippen LogP contribution in [0.5, 0.6) is 0 Å². The van der Waals surface area contributed by atoms with Gasteiger partial charge in [0, 0.05) is 30.8 Å². The second kappa shape index (κ2) is 4.47. The Morgan fingerprint density at radius 2 is 2.05 bits per heavy atom. The number of amides is 1. The topological polar surface area (TPSA) is 46.6 Å². The first-order chi connectivity index (χ1) is 9.70. The van der Waals surface area contributed by atoms with Crippen LogP contribution in [0.2, 0.25) is 0 Å². The minimum Gasteiger partial charge on any atom is -0.462 e. The molecule has 1 saturated carbocycles. The minimum atomic E-state index is -0.0142. The maximum atomic E-state index is 12.3. The maximum absolute atomic E-state index is 12.3. The Bertz CT molecular complexity index is 449. The highest BCUT2D eigenvalue weighted by Crippen LogP contribution is 2.53. The smallest absolute Gasteiger partial charge is 0.306 e. The van der Waals surface area contributed by atoms with Gasteiger partial charge in [0.15, 0.2) is 0 Å². The van der Waals surface area contributed by atoms with Crippen LogP contribution in [0.1, 0.15) is 45.4 Å². The number of hydrogen-bond donors (Lipinski definition) is 0. The number of hydrogen-bond acceptors (Lipinski definition) is 3. The quantitative estimate of drug-likeness (QED) is 0.688. The molecule has 6 atom stereocenters. The monoisotopic (exact) mass is 277 g/mol. The largest absolute Gasteiger partial charge is 0.462 e. The summed E-state index contributed by atoms with van der Waals surface area (Å²) in [5.41, 5.74) is 0. The Hall–Kier alpha value is -1.06. The molecule has 4 aliphatic rings. The molecule has 0 aromatic carbocycles. The van der Waals surface area contributed by atoms with E-state index in [2.05, 4.69) is 11.8 Å². The molecule has 4 fully saturated rings. The molecular weight excluding hydrogens is 254 g/mol. The fraction of sp³-hybridized carbons (Fsp3) is 0.875. The van der Waals surface area contributed by atoms with Crippen LogP contribution in [0.25, 0.3) is 0 Å². The zero-order valence-electron chi connectivity index (χ0n) is 12.1. The fourth-order valence-corrected chi connectivity index (χ4v) is 5.59. The SMILES string of the molecule is CC[C@@H]1[C@H]2CCCC(=O)N3CC[C@H]([C@H]4CC(=O)O[C@@H]14)[C@@H]23. The molecule has 0 unspecified atom stereocenters. The van der Waals surface area contributed by atoms with Crippen LogP contribution < -0.4 is 0 Å². The van der Waals surface area contributed by atoms with Gasteiger partial charge in [-0.2, -0.15) is 0 Å². The summed E-state index contributed by atoms with van der Waals surface area (Å²) >= 11 is 0. The molecule has 3 heterocycles. The molecule has 0 aromatic heterocycles. The number of carbonyl (C=O) groups is 2. The van der Waals surface area contributed by atoms with Crippen molar-refractivity contribution in [1.29, 1.82) is 0 Å². The van der Waals surface area contributed by atoms with E-state index in [0.717, 1.165) is 32.2 Å². The molecule has 20 heavy (non-hydrogen) atoms. The molecule has 4 nitrogen and oxygen atoms in total. The zero-order chi connectivity index (χ0) is 13.9. The standard InChI is InChI=1S/C16H23NO3/c1-2-9-10-4-3-5-13(18)17-7-6-11(15(10)17)12-8-14(19)20-16(9)12/h9-12,15-16H,2-8H2,1H3/t9-,10-,11-,12-,15-,16+/m1/s1. The van der Waals surface area contributed by atoms with Crippen molar-refractivity contribution in [2.45, 2.75) is 57.6 Å². The Morgan fingerprint density at radius 1 is 1.20 bits per heavy atom. The van der Waals surface area contributed by atoms with Crippen LogP contribution in [0.15, 0.2) is 0 Å². The Balaban J connectivity index is 1.74. The Kier molecular flexibility index (Phi) is 2.83. The van der Waals surface area contributed by atoms with Gasteiger partial charge in [-0.3, -0.25) is 9.59 Å². The number of esters is 1. The molecule has 3 saturated heterocycles. The van der Waals surface area contributed by atoms with Crippen molar-refractivity contribution in [1.82, 2.24) is 4.90 Å². The summed E-state index contributed by atoms with van der Waals surface area (Å²) in [6.45, 7) is 3.11. The molecule has 1 amide bonds. The predicted octanol–water partition coefficient (Wildman–Crippen LogP) is 1.98. The van der Waals surface area contributed by atoms with Crippen molar-refractivity contribution in [3.05, 3.63) is 0 Å². The molecule has 0 bridgehead atoms. The summed E-state index contributed by atoms with van der Waals surface area (Å²) in [7, 11) is 0. The van der Waals surface area contributed by atoms with Gasteiger partial charge in [-0.1, -0.05) is 6.92 Å². The highest BCUT2D eigenvalue weighted by atomic mass is 16.6. The normalized spacial score (nSPS) is 46.8. The molecule has 0 radical (unpaired) electrons. The number of ether oxygens (including phenoxy) is 1. The average Bonchev–Trinajstić information content (AvgIpc) is 2.97. The van der Waals surface area contributed by atoms with E-state index < -0.39 is 0 Å². The number of fused-ring (bicyclic) bond motifs is 2. The van der Waals surface area contributed by atoms with Crippen LogP contribution in [0, 0.1) is 23.7 Å². The van der Waals surface area contributed by atoms with Crippen LogP contribution in [0.3, 0.4) is 0 Å². The number of nitrogens with zero attached hydrogens (tertiary/aromatic N) is 1. The van der Waals surface area contributed by atoms with E-state index in [0.29, 0.717) is 48.5 Å². The second-order valence-electron chi connectivity index (χ2n) is 6.98. The van der Waals surface area contributed by atoms with Gasteiger partial charge >= 0.3 is 5.97 Å². The molecule has 3 aliphatic heterocycles. The molecule has 110 valence electrons. The third-order valence-corrected chi connectivity index (χ3v) is 6.27. The van der Waals surface area contributed by atoms with Crippen molar-refractivity contribution in [2.24, 2.45) is 23.7 Å². The lowest BCUT2D eigenvalue weighted by Gasteiger charge is -2.47. The summed E-state index contributed by atoms with van der Waals surface area (Å²) in [6, 6.07) is 0.394. The van der Waals surface area contributed by atoms with Gasteiger partial charge in [0.1, 0.15) is 6.10 Å². The summed E-state index contributed by atoms with van der Waals surface area (Å²) in [6.07, 6.45) is 5.69. The molecule has 4 heteroatoms. The third kappa shape index (κ3) is 1.60. The lowest BCUT2D eigenvalue weighted by Crippen LogP contribution is -2.53. The van der Waals surface area contributed by atoms with Gasteiger partial charge < -0.3 is 9.64 Å². The van der Waals surface area contributed by atoms with E-state index in [4.69, 9.17) is 4.74 Å². The van der Waals surface area contributed by atoms with Crippen LogP contribution in [-0.4, -0.2) is 35.5 Å². The molecule has 0 spiro atoms. The van der Waals surface area contributed by atoms with Crippen molar-refractivity contribution >= 4 is 11.9 Å². The first-order valence-corrected chi connectivity index (χ1v) is 8.19.